The molecule has 0 aliphatic heterocycles. The highest BCUT2D eigenvalue weighted by atomic mass is 14.8. The molecule has 0 radical (unpaired) electrons. The lowest BCUT2D eigenvalue weighted by atomic mass is 9.80. The number of H-pyrrole nitrogens is 1. The molecule has 1 aromatic heterocycles. The van der Waals surface area contributed by atoms with Crippen LogP contribution in [-0.4, -0.2) is 24.5 Å². The maximum atomic E-state index is 4.51. The van der Waals surface area contributed by atoms with E-state index in [0.29, 0.717) is 0 Å². The summed E-state index contributed by atoms with van der Waals surface area (Å²) in [6, 6.07) is 0. The van der Waals surface area contributed by atoms with Crippen LogP contribution >= 0.6 is 0 Å². The summed E-state index contributed by atoms with van der Waals surface area (Å²) in [5.41, 5.74) is 3.46. The standard InChI is InChI=1S/C15H25N3/c1-6-8-9-15(3,4)12-10-18-13(11-16-5)14(12)17-7-2/h7,10-11,18H,6,8-9H2,1-5H3/b16-11-,17-7-. The first-order valence-corrected chi connectivity index (χ1v) is 6.69. The van der Waals surface area contributed by atoms with Crippen LogP contribution in [0, 0.1) is 0 Å². The zero-order valence-electron chi connectivity index (χ0n) is 12.2. The first kappa shape index (κ1) is 14.7. The predicted octanol–water partition coefficient (Wildman–Crippen LogP) is 4.25. The molecule has 0 aliphatic carbocycles. The van der Waals surface area contributed by atoms with Crippen LogP contribution in [0.2, 0.25) is 0 Å². The van der Waals surface area contributed by atoms with Gasteiger partial charge in [-0.05, 0) is 18.8 Å². The van der Waals surface area contributed by atoms with Gasteiger partial charge >= 0.3 is 0 Å². The second-order valence-corrected chi connectivity index (χ2v) is 5.23. The third kappa shape index (κ3) is 3.31. The van der Waals surface area contributed by atoms with Crippen molar-refractivity contribution in [2.75, 3.05) is 7.05 Å². The van der Waals surface area contributed by atoms with E-state index in [1.807, 2.05) is 19.4 Å². The van der Waals surface area contributed by atoms with Gasteiger partial charge in [0.25, 0.3) is 0 Å². The van der Waals surface area contributed by atoms with E-state index in [2.05, 4.69) is 41.9 Å². The molecule has 3 heteroatoms. The van der Waals surface area contributed by atoms with Gasteiger partial charge in [0.05, 0.1) is 11.4 Å². The van der Waals surface area contributed by atoms with E-state index in [4.69, 9.17) is 0 Å². The van der Waals surface area contributed by atoms with Crippen molar-refractivity contribution in [2.24, 2.45) is 9.98 Å². The zero-order chi connectivity index (χ0) is 13.6. The minimum atomic E-state index is 0.147. The molecule has 0 amide bonds. The van der Waals surface area contributed by atoms with Crippen molar-refractivity contribution in [1.82, 2.24) is 4.98 Å². The summed E-state index contributed by atoms with van der Waals surface area (Å²) in [6.07, 6.45) is 9.40. The normalized spacial score (nSPS) is 12.9. The van der Waals surface area contributed by atoms with Crippen molar-refractivity contribution in [3.8, 4) is 0 Å². The van der Waals surface area contributed by atoms with Crippen molar-refractivity contribution in [3.05, 3.63) is 17.5 Å². The summed E-state index contributed by atoms with van der Waals surface area (Å²) in [7, 11) is 1.78. The topological polar surface area (TPSA) is 40.5 Å². The Bertz CT molecular complexity index is 425. The molecular formula is C15H25N3. The molecule has 0 aromatic carbocycles. The van der Waals surface area contributed by atoms with E-state index in [9.17, 15) is 0 Å². The molecule has 3 nitrogen and oxygen atoms in total. The smallest absolute Gasteiger partial charge is 0.0927 e. The highest BCUT2D eigenvalue weighted by Gasteiger charge is 2.25. The number of rotatable bonds is 6. The number of nitrogens with one attached hydrogen (secondary N) is 1. The quantitative estimate of drug-likeness (QED) is 0.730. The van der Waals surface area contributed by atoms with E-state index in [-0.39, 0.29) is 5.41 Å². The first-order valence-electron chi connectivity index (χ1n) is 6.69. The van der Waals surface area contributed by atoms with E-state index >= 15 is 0 Å². The Morgan fingerprint density at radius 3 is 2.67 bits per heavy atom. The Hall–Kier alpha value is -1.38. The summed E-state index contributed by atoms with van der Waals surface area (Å²) in [4.78, 5) is 11.9. The number of aromatic amines is 1. The van der Waals surface area contributed by atoms with Crippen LogP contribution in [0.1, 0.15) is 58.2 Å². The molecule has 0 unspecified atom stereocenters. The lowest BCUT2D eigenvalue weighted by molar-refractivity contribution is 0.459. The average molecular weight is 247 g/mol. The summed E-state index contributed by atoms with van der Waals surface area (Å²) in [5.74, 6) is 0. The number of hydrogen-bond donors (Lipinski definition) is 1. The summed E-state index contributed by atoms with van der Waals surface area (Å²) >= 11 is 0. The van der Waals surface area contributed by atoms with Gasteiger partial charge < -0.3 is 4.98 Å². The fraction of sp³-hybridized carbons (Fsp3) is 0.600. The van der Waals surface area contributed by atoms with E-state index in [1.54, 1.807) is 7.05 Å². The van der Waals surface area contributed by atoms with Crippen molar-refractivity contribution in [2.45, 2.75) is 52.4 Å². The Morgan fingerprint density at radius 1 is 1.39 bits per heavy atom. The lowest BCUT2D eigenvalue weighted by Gasteiger charge is -2.24. The van der Waals surface area contributed by atoms with Crippen LogP contribution in [0.5, 0.6) is 0 Å². The Kier molecular flexibility index (Phi) is 5.32. The molecule has 0 atom stereocenters. The van der Waals surface area contributed by atoms with Crippen LogP contribution in [0.25, 0.3) is 0 Å². The van der Waals surface area contributed by atoms with Gasteiger partial charge in [-0.25, -0.2) is 0 Å². The Balaban J connectivity index is 3.15. The molecule has 1 rings (SSSR count). The molecule has 18 heavy (non-hydrogen) atoms. The van der Waals surface area contributed by atoms with Gasteiger partial charge in [0.1, 0.15) is 0 Å². The molecule has 1 aromatic rings. The molecule has 0 fully saturated rings. The summed E-state index contributed by atoms with van der Waals surface area (Å²) < 4.78 is 0. The fourth-order valence-corrected chi connectivity index (χ4v) is 2.20. The number of aromatic nitrogens is 1. The molecule has 0 aliphatic rings. The predicted molar refractivity (Wildman–Crippen MR) is 80.7 cm³/mol. The van der Waals surface area contributed by atoms with Crippen LogP contribution in [0.15, 0.2) is 16.2 Å². The molecule has 100 valence electrons. The second-order valence-electron chi connectivity index (χ2n) is 5.23. The van der Waals surface area contributed by atoms with E-state index in [1.165, 1.54) is 24.8 Å². The van der Waals surface area contributed by atoms with Crippen LogP contribution < -0.4 is 0 Å². The monoisotopic (exact) mass is 247 g/mol. The van der Waals surface area contributed by atoms with E-state index in [0.717, 1.165) is 11.4 Å². The number of unbranched alkanes of at least 4 members (excludes halogenated alkanes) is 1. The van der Waals surface area contributed by atoms with Crippen molar-refractivity contribution >= 4 is 18.1 Å². The SMILES string of the molecule is C/C=N\c1c(C(C)(C)CCCC)c[nH]c1/C=N\C. The maximum absolute atomic E-state index is 4.51. The maximum Gasteiger partial charge on any atom is 0.0927 e. The second kappa shape index (κ2) is 6.53. The van der Waals surface area contributed by atoms with Gasteiger partial charge in [-0.2, -0.15) is 0 Å². The van der Waals surface area contributed by atoms with Gasteiger partial charge in [-0.3, -0.25) is 9.98 Å². The van der Waals surface area contributed by atoms with Crippen molar-refractivity contribution in [3.63, 3.8) is 0 Å². The van der Waals surface area contributed by atoms with Crippen molar-refractivity contribution in [1.29, 1.82) is 0 Å². The number of aliphatic imine (C=N–C) groups is 2. The molecule has 0 saturated heterocycles. The largest absolute Gasteiger partial charge is 0.358 e. The van der Waals surface area contributed by atoms with Crippen LogP contribution in [0.4, 0.5) is 5.69 Å². The number of hydrogen-bond acceptors (Lipinski definition) is 2. The van der Waals surface area contributed by atoms with Gasteiger partial charge in [0.2, 0.25) is 0 Å². The molecule has 1 N–H and O–H groups in total. The average Bonchev–Trinajstić information content (AvgIpc) is 2.72. The summed E-state index contributed by atoms with van der Waals surface area (Å²) in [6.45, 7) is 8.75. The molecule has 1 heterocycles. The first-order chi connectivity index (χ1) is 8.56. The fourth-order valence-electron chi connectivity index (χ4n) is 2.20. The lowest BCUT2D eigenvalue weighted by Crippen LogP contribution is -2.16. The Morgan fingerprint density at radius 2 is 2.11 bits per heavy atom. The third-order valence-electron chi connectivity index (χ3n) is 3.28. The van der Waals surface area contributed by atoms with Crippen LogP contribution in [-0.2, 0) is 5.41 Å². The highest BCUT2D eigenvalue weighted by molar-refractivity contribution is 5.87. The number of nitrogens with zero attached hydrogens (tertiary/aromatic N) is 2. The zero-order valence-corrected chi connectivity index (χ0v) is 12.2. The summed E-state index contributed by atoms with van der Waals surface area (Å²) in [5, 5.41) is 0. The highest BCUT2D eigenvalue weighted by Crippen LogP contribution is 2.37. The van der Waals surface area contributed by atoms with Gasteiger partial charge in [0.15, 0.2) is 0 Å². The minimum Gasteiger partial charge on any atom is -0.358 e. The van der Waals surface area contributed by atoms with E-state index < -0.39 is 0 Å². The van der Waals surface area contributed by atoms with Gasteiger partial charge in [-0.15, -0.1) is 0 Å². The van der Waals surface area contributed by atoms with Crippen LogP contribution in [0.3, 0.4) is 0 Å². The molecule has 0 bridgehead atoms. The molecule has 0 spiro atoms. The van der Waals surface area contributed by atoms with Gasteiger partial charge in [0, 0.05) is 31.2 Å². The van der Waals surface area contributed by atoms with Gasteiger partial charge in [-0.1, -0.05) is 33.6 Å². The van der Waals surface area contributed by atoms with Crippen molar-refractivity contribution < 1.29 is 0 Å². The third-order valence-corrected chi connectivity index (χ3v) is 3.28. The Labute approximate surface area is 110 Å². The molecule has 0 saturated carbocycles. The minimum absolute atomic E-state index is 0.147. The molecular weight excluding hydrogens is 222 g/mol.